The van der Waals surface area contributed by atoms with Gasteiger partial charge in [-0.2, -0.15) is 0 Å². The number of hydrogen-bond donors (Lipinski definition) is 2. The first kappa shape index (κ1) is 11.6. The Bertz CT molecular complexity index is 152. The van der Waals surface area contributed by atoms with Gasteiger partial charge in [-0.25, -0.2) is 0 Å². The third-order valence-electron chi connectivity index (χ3n) is 0.601. The fraction of sp³-hybridized carbons (Fsp3) is 0.667. The standard InChI is InChI=1S/C3H5N3O3.H2O/c4-6-5-3(9)2(8)1-7;/h2,7-8H,1H2;1H2. The number of rotatable bonds is 2. The van der Waals surface area contributed by atoms with Crippen LogP contribution < -0.4 is 0 Å². The average Bonchev–Trinajstić information content (AvgIpc) is 1.87. The summed E-state index contributed by atoms with van der Waals surface area (Å²) in [6.07, 6.45) is -1.58. The van der Waals surface area contributed by atoms with Gasteiger partial charge in [0.05, 0.1) is 6.61 Å². The van der Waals surface area contributed by atoms with Gasteiger partial charge in [-0.1, -0.05) is 0 Å². The molecule has 7 heteroatoms. The fourth-order valence-corrected chi connectivity index (χ4v) is 0.189. The Morgan fingerprint density at radius 2 is 2.30 bits per heavy atom. The summed E-state index contributed by atoms with van der Waals surface area (Å²) < 4.78 is 0. The quantitative estimate of drug-likeness (QED) is 0.276. The summed E-state index contributed by atoms with van der Waals surface area (Å²) in [5.74, 6) is -1.07. The molecular formula is C3H7N3O4. The highest BCUT2D eigenvalue weighted by Crippen LogP contribution is 1.84. The Morgan fingerprint density at radius 1 is 1.80 bits per heavy atom. The lowest BCUT2D eigenvalue weighted by Crippen LogP contribution is -2.21. The molecule has 10 heavy (non-hydrogen) atoms. The molecule has 0 aromatic carbocycles. The first-order valence-electron chi connectivity index (χ1n) is 2.10. The maximum atomic E-state index is 10.1. The van der Waals surface area contributed by atoms with Crippen LogP contribution in [0.1, 0.15) is 0 Å². The van der Waals surface area contributed by atoms with Crippen LogP contribution in [0.2, 0.25) is 0 Å². The predicted molar refractivity (Wildman–Crippen MR) is 30.9 cm³/mol. The zero-order valence-electron chi connectivity index (χ0n) is 4.93. The van der Waals surface area contributed by atoms with E-state index < -0.39 is 18.6 Å². The summed E-state index contributed by atoms with van der Waals surface area (Å²) in [6.45, 7) is -0.724. The molecular weight excluding hydrogens is 142 g/mol. The van der Waals surface area contributed by atoms with E-state index in [4.69, 9.17) is 15.7 Å². The topological polar surface area (TPSA) is 138 Å². The Balaban J connectivity index is 0. The van der Waals surface area contributed by atoms with Crippen LogP contribution >= 0.6 is 0 Å². The second kappa shape index (κ2) is 5.99. The molecule has 0 fully saturated rings. The number of azide groups is 1. The monoisotopic (exact) mass is 149 g/mol. The summed E-state index contributed by atoms with van der Waals surface area (Å²) in [7, 11) is 0. The van der Waals surface area contributed by atoms with Crippen LogP contribution in [0.3, 0.4) is 0 Å². The molecule has 58 valence electrons. The molecule has 7 nitrogen and oxygen atoms in total. The van der Waals surface area contributed by atoms with Crippen LogP contribution in [-0.2, 0) is 4.79 Å². The van der Waals surface area contributed by atoms with Crippen LogP contribution in [0.15, 0.2) is 5.11 Å². The van der Waals surface area contributed by atoms with Gasteiger partial charge in [-0.05, 0) is 10.6 Å². The Kier molecular flexibility index (Phi) is 6.96. The first-order valence-corrected chi connectivity index (χ1v) is 2.10. The predicted octanol–water partition coefficient (Wildman–Crippen LogP) is -1.65. The molecule has 0 spiro atoms. The number of aliphatic hydroxyl groups is 2. The van der Waals surface area contributed by atoms with Crippen molar-refractivity contribution in [2.24, 2.45) is 5.11 Å². The normalized spacial score (nSPS) is 10.6. The lowest BCUT2D eigenvalue weighted by molar-refractivity contribution is -0.127. The lowest BCUT2D eigenvalue weighted by atomic mass is 10.4. The van der Waals surface area contributed by atoms with E-state index in [1.807, 2.05) is 0 Å². The molecule has 0 radical (unpaired) electrons. The van der Waals surface area contributed by atoms with Crippen molar-refractivity contribution >= 4 is 5.91 Å². The SMILES string of the molecule is O.[N-]=[N+]=NC(=O)C(O)CO. The van der Waals surface area contributed by atoms with Crippen LogP contribution in [0.5, 0.6) is 0 Å². The average molecular weight is 149 g/mol. The molecule has 0 saturated heterocycles. The molecule has 0 rings (SSSR count). The van der Waals surface area contributed by atoms with E-state index in [0.717, 1.165) is 0 Å². The smallest absolute Gasteiger partial charge is 0.249 e. The van der Waals surface area contributed by atoms with Crippen molar-refractivity contribution in [2.75, 3.05) is 6.61 Å². The van der Waals surface area contributed by atoms with E-state index in [9.17, 15) is 4.79 Å². The maximum absolute atomic E-state index is 10.1. The molecule has 4 N–H and O–H groups in total. The number of aliphatic hydroxyl groups excluding tert-OH is 2. The van der Waals surface area contributed by atoms with Gasteiger partial charge in [0.25, 0.3) is 0 Å². The second-order valence-electron chi connectivity index (χ2n) is 1.23. The summed E-state index contributed by atoms with van der Waals surface area (Å²) >= 11 is 0. The Labute approximate surface area is 55.8 Å². The molecule has 0 aliphatic heterocycles. The van der Waals surface area contributed by atoms with Gasteiger partial charge in [0.2, 0.25) is 5.91 Å². The van der Waals surface area contributed by atoms with Gasteiger partial charge < -0.3 is 15.7 Å². The van der Waals surface area contributed by atoms with Crippen LogP contribution in [0, 0.1) is 0 Å². The molecule has 1 unspecified atom stereocenters. The molecule has 0 bridgehead atoms. The molecule has 0 aliphatic carbocycles. The number of amides is 1. The van der Waals surface area contributed by atoms with Crippen LogP contribution in [0.4, 0.5) is 0 Å². The highest BCUT2D eigenvalue weighted by atomic mass is 16.3. The summed E-state index contributed by atoms with van der Waals surface area (Å²) in [4.78, 5) is 12.3. The van der Waals surface area contributed by atoms with Gasteiger partial charge >= 0.3 is 0 Å². The van der Waals surface area contributed by atoms with Crippen LogP contribution in [-0.4, -0.2) is 34.3 Å². The molecule has 0 aromatic heterocycles. The molecule has 1 atom stereocenters. The van der Waals surface area contributed by atoms with E-state index in [1.165, 1.54) is 0 Å². The van der Waals surface area contributed by atoms with Crippen LogP contribution in [0.25, 0.3) is 10.4 Å². The van der Waals surface area contributed by atoms with Crippen molar-refractivity contribution in [3.63, 3.8) is 0 Å². The van der Waals surface area contributed by atoms with Crippen molar-refractivity contribution < 1.29 is 20.5 Å². The van der Waals surface area contributed by atoms with Crippen molar-refractivity contribution in [2.45, 2.75) is 6.10 Å². The minimum Gasteiger partial charge on any atom is -0.412 e. The van der Waals surface area contributed by atoms with E-state index >= 15 is 0 Å². The molecule has 0 aliphatic rings. The van der Waals surface area contributed by atoms with Gasteiger partial charge in [0, 0.05) is 4.91 Å². The van der Waals surface area contributed by atoms with Gasteiger partial charge in [-0.15, -0.1) is 0 Å². The molecule has 1 amide bonds. The van der Waals surface area contributed by atoms with Crippen molar-refractivity contribution in [1.82, 2.24) is 0 Å². The van der Waals surface area contributed by atoms with Gasteiger partial charge in [0.15, 0.2) is 0 Å². The van der Waals surface area contributed by atoms with Crippen molar-refractivity contribution in [1.29, 1.82) is 0 Å². The van der Waals surface area contributed by atoms with E-state index in [0.29, 0.717) is 0 Å². The van der Waals surface area contributed by atoms with E-state index in [2.05, 4.69) is 10.0 Å². The number of nitrogens with zero attached hydrogens (tertiary/aromatic N) is 3. The first-order chi connectivity index (χ1) is 4.22. The third kappa shape index (κ3) is 3.81. The van der Waals surface area contributed by atoms with E-state index in [1.54, 1.807) is 0 Å². The Hall–Kier alpha value is -1.14. The largest absolute Gasteiger partial charge is 0.412 e. The zero-order chi connectivity index (χ0) is 7.28. The Morgan fingerprint density at radius 3 is 2.60 bits per heavy atom. The van der Waals surface area contributed by atoms with Gasteiger partial charge in [-0.3, -0.25) is 4.79 Å². The fourth-order valence-electron chi connectivity index (χ4n) is 0.189. The summed E-state index contributed by atoms with van der Waals surface area (Å²) in [6, 6.07) is 0. The molecule has 0 heterocycles. The zero-order valence-corrected chi connectivity index (χ0v) is 4.93. The van der Waals surface area contributed by atoms with Crippen molar-refractivity contribution in [3.05, 3.63) is 10.4 Å². The highest BCUT2D eigenvalue weighted by molar-refractivity contribution is 5.81. The minimum atomic E-state index is -1.58. The second-order valence-corrected chi connectivity index (χ2v) is 1.23. The maximum Gasteiger partial charge on any atom is 0.249 e. The minimum absolute atomic E-state index is 0. The third-order valence-corrected chi connectivity index (χ3v) is 0.601. The van der Waals surface area contributed by atoms with Crippen molar-refractivity contribution in [3.8, 4) is 0 Å². The molecule has 0 saturated carbocycles. The lowest BCUT2D eigenvalue weighted by Gasteiger charge is -1.96. The number of carbonyl (C=O) groups excluding carboxylic acids is 1. The molecule has 0 aromatic rings. The van der Waals surface area contributed by atoms with E-state index in [-0.39, 0.29) is 5.48 Å². The van der Waals surface area contributed by atoms with Gasteiger partial charge in [0.1, 0.15) is 6.10 Å². The number of carbonyl (C=O) groups is 1. The summed E-state index contributed by atoms with van der Waals surface area (Å²) in [5, 5.41) is 19.0. The number of hydrogen-bond acceptors (Lipinski definition) is 3. The summed E-state index contributed by atoms with van der Waals surface area (Å²) in [5.41, 5.74) is 7.63. The highest BCUT2D eigenvalue weighted by Gasteiger charge is 2.09.